The zero-order valence-electron chi connectivity index (χ0n) is 23.9. The van der Waals surface area contributed by atoms with Crippen molar-refractivity contribution in [2.24, 2.45) is 0 Å². The van der Waals surface area contributed by atoms with Crippen LogP contribution in [0.2, 0.25) is 0 Å². The largest absolute Gasteiger partial charge is 0.304 e. The van der Waals surface area contributed by atoms with Crippen LogP contribution in [0, 0.1) is 5.38 Å². The number of benzene rings is 4. The molecule has 0 bridgehead atoms. The third-order valence-electron chi connectivity index (χ3n) is 6.53. The summed E-state index contributed by atoms with van der Waals surface area (Å²) in [5, 5.41) is 13.6. The molecule has 0 spiro atoms. The molecule has 44 heavy (non-hydrogen) atoms. The summed E-state index contributed by atoms with van der Waals surface area (Å²) in [5.74, 6) is 0. The summed E-state index contributed by atoms with van der Waals surface area (Å²) in [6.07, 6.45) is 0. The Bertz CT molecular complexity index is 1400. The van der Waals surface area contributed by atoms with Gasteiger partial charge in [0.2, 0.25) is 0 Å². The van der Waals surface area contributed by atoms with Crippen LogP contribution in [-0.4, -0.2) is 0 Å². The first kappa shape index (κ1) is 36.3. The van der Waals surface area contributed by atoms with Crippen LogP contribution in [-0.2, 0) is 34.8 Å². The van der Waals surface area contributed by atoms with E-state index in [1.54, 1.807) is 11.3 Å². The van der Waals surface area contributed by atoms with E-state index in [9.17, 15) is 0 Å². The Morgan fingerprint density at radius 1 is 0.455 bits per heavy atom. The quantitative estimate of drug-likeness (QED) is 0.0898. The van der Waals surface area contributed by atoms with Crippen molar-refractivity contribution in [2.75, 3.05) is 0 Å². The second kappa shape index (κ2) is 21.5. The topological polar surface area (TPSA) is 0 Å². The van der Waals surface area contributed by atoms with Crippen molar-refractivity contribution in [3.63, 3.8) is 0 Å². The molecular formula is C38H33BrFeP2PtS. The molecule has 6 heteroatoms. The number of hydrogen-bond donors (Lipinski definition) is 0. The Labute approximate surface area is 297 Å². The van der Waals surface area contributed by atoms with Gasteiger partial charge >= 0.3 is 31.1 Å². The SMILES string of the molecule is [Br][Pt+].[Fe].[c-]1cccs1.c1ccc([PH+](c2ccccc2)[c-]2cccc2)cc1.c1ccc([PH+](c2ccccc2)[c-]2cccc2)cc1. The van der Waals surface area contributed by atoms with E-state index in [4.69, 9.17) is 0 Å². The van der Waals surface area contributed by atoms with E-state index in [1.165, 1.54) is 31.8 Å². The van der Waals surface area contributed by atoms with Crippen molar-refractivity contribution in [2.45, 2.75) is 0 Å². The molecule has 0 unspecified atom stereocenters. The predicted molar refractivity (Wildman–Crippen MR) is 196 cm³/mol. The molecule has 0 amide bonds. The van der Waals surface area contributed by atoms with E-state index in [0.717, 1.165) is 0 Å². The second-order valence-electron chi connectivity index (χ2n) is 9.29. The third kappa shape index (κ3) is 11.3. The van der Waals surface area contributed by atoms with E-state index in [0.29, 0.717) is 0 Å². The standard InChI is InChI=1S/2C17H15P.C4H3S.BrH.Fe.Pt/c2*1-3-9-15(10-4-1)18(17-13-7-8-14-17)16-11-5-2-6-12-16;1-2-4-5-3-1;;;/h2*1-14,18H;1-3H;1H;;/q;;-1;;;+2/p-1. The Morgan fingerprint density at radius 2 is 0.750 bits per heavy atom. The van der Waals surface area contributed by atoms with E-state index >= 15 is 0 Å². The monoisotopic (exact) mass is 913 g/mol. The molecule has 0 saturated heterocycles. The molecule has 1 aromatic heterocycles. The van der Waals surface area contributed by atoms with Crippen LogP contribution < -0.4 is 31.8 Å². The second-order valence-corrected chi connectivity index (χ2v) is 15.0. The van der Waals surface area contributed by atoms with Crippen LogP contribution in [0.4, 0.5) is 0 Å². The first-order chi connectivity index (χ1) is 21.4. The number of thiophene rings is 1. The maximum absolute atomic E-state index is 2.91. The molecule has 0 N–H and O–H groups in total. The van der Waals surface area contributed by atoms with Crippen LogP contribution in [0.15, 0.2) is 187 Å². The molecule has 0 atom stereocenters. The zero-order chi connectivity index (χ0) is 30.0. The summed E-state index contributed by atoms with van der Waals surface area (Å²) in [4.78, 5) is 0. The maximum atomic E-state index is 2.91. The fourth-order valence-electron chi connectivity index (χ4n) is 4.70. The molecule has 1 heterocycles. The Morgan fingerprint density at radius 3 is 0.955 bits per heavy atom. The van der Waals surface area contributed by atoms with Gasteiger partial charge in [-0.15, -0.1) is 29.6 Å². The third-order valence-corrected chi connectivity index (χ3v) is 12.6. The smallest absolute Gasteiger partial charge is 0.0908 e. The van der Waals surface area contributed by atoms with Crippen molar-refractivity contribution in [3.8, 4) is 0 Å². The summed E-state index contributed by atoms with van der Waals surface area (Å²) in [7, 11) is -1.67. The van der Waals surface area contributed by atoms with Gasteiger partial charge in [0.05, 0.1) is 21.2 Å². The molecule has 0 aliphatic carbocycles. The molecule has 226 valence electrons. The van der Waals surface area contributed by atoms with Gasteiger partial charge < -0.3 is 11.3 Å². The van der Waals surface area contributed by atoms with E-state index in [2.05, 4.69) is 189 Å². The molecule has 0 nitrogen and oxygen atoms in total. The average molecular weight is 915 g/mol. The van der Waals surface area contributed by atoms with Gasteiger partial charge in [-0.1, -0.05) is 72.8 Å². The van der Waals surface area contributed by atoms with Crippen LogP contribution >= 0.6 is 40.5 Å². The molecule has 0 radical (unpaired) electrons. The minimum absolute atomic E-state index is 0. The number of rotatable bonds is 6. The van der Waals surface area contributed by atoms with Crippen LogP contribution in [0.5, 0.6) is 0 Å². The van der Waals surface area contributed by atoms with Crippen LogP contribution in [0.3, 0.4) is 0 Å². The number of hydrogen-bond acceptors (Lipinski definition) is 1. The summed E-state index contributed by atoms with van der Waals surface area (Å²) in [6, 6.07) is 64.7. The average Bonchev–Trinajstić information content (AvgIpc) is 3.92. The van der Waals surface area contributed by atoms with E-state index in [-0.39, 0.29) is 17.1 Å². The van der Waals surface area contributed by atoms with Crippen molar-refractivity contribution >= 4 is 72.3 Å². The summed E-state index contributed by atoms with van der Waals surface area (Å²) >= 11 is 6.45. The summed E-state index contributed by atoms with van der Waals surface area (Å²) in [5.41, 5.74) is 0. The van der Waals surface area contributed by atoms with Crippen LogP contribution in [0.25, 0.3) is 0 Å². The van der Waals surface area contributed by atoms with Crippen molar-refractivity contribution in [1.82, 2.24) is 0 Å². The normalized spacial score (nSPS) is 9.84. The van der Waals surface area contributed by atoms with Crippen molar-refractivity contribution in [3.05, 3.63) is 193 Å². The van der Waals surface area contributed by atoms with E-state index < -0.39 is 15.8 Å². The molecule has 0 fully saturated rings. The van der Waals surface area contributed by atoms with Gasteiger partial charge in [-0.25, -0.2) is 30.3 Å². The minimum atomic E-state index is -0.834. The van der Waals surface area contributed by atoms with Gasteiger partial charge in [-0.2, -0.15) is 11.4 Å². The molecule has 7 aromatic rings. The molecule has 7 rings (SSSR count). The van der Waals surface area contributed by atoms with Gasteiger partial charge in [0.1, 0.15) is 0 Å². The Hall–Kier alpha value is -2.17. The minimum Gasteiger partial charge on any atom is -0.304 e. The molecule has 0 aliphatic heterocycles. The fraction of sp³-hybridized carbons (Fsp3) is 0. The van der Waals surface area contributed by atoms with E-state index in [1.807, 2.05) is 35.3 Å². The first-order valence-electron chi connectivity index (χ1n) is 13.8. The fourth-order valence-corrected chi connectivity index (χ4v) is 10.2. The van der Waals surface area contributed by atoms with Gasteiger partial charge in [-0.05, 0) is 59.1 Å². The van der Waals surface area contributed by atoms with Crippen molar-refractivity contribution < 1.29 is 34.8 Å². The summed E-state index contributed by atoms with van der Waals surface area (Å²) < 4.78 is 0. The van der Waals surface area contributed by atoms with Gasteiger partial charge in [0.15, 0.2) is 0 Å². The number of halogens is 1. The first-order valence-corrected chi connectivity index (χ1v) is 22.7. The summed E-state index contributed by atoms with van der Waals surface area (Å²) in [6.45, 7) is 0. The van der Waals surface area contributed by atoms with Crippen molar-refractivity contribution in [1.29, 1.82) is 0 Å². The molecule has 0 saturated carbocycles. The van der Waals surface area contributed by atoms with Crippen LogP contribution in [0.1, 0.15) is 0 Å². The maximum Gasteiger partial charge on any atom is 0.0908 e. The Kier molecular flexibility index (Phi) is 17.8. The molecule has 6 aromatic carbocycles. The predicted octanol–water partition coefficient (Wildman–Crippen LogP) is 8.18. The van der Waals surface area contributed by atoms with Gasteiger partial charge in [0.25, 0.3) is 0 Å². The van der Waals surface area contributed by atoms with Gasteiger partial charge in [0, 0.05) is 32.9 Å². The molecule has 0 aliphatic rings. The zero-order valence-corrected chi connectivity index (χ0v) is 31.6. The Balaban J connectivity index is 0.000000194. The van der Waals surface area contributed by atoms with Gasteiger partial charge in [-0.3, -0.25) is 0 Å². The molecular weight excluding hydrogens is 881 g/mol.